The monoisotopic (exact) mass is 444 g/mol. The molecule has 0 spiro atoms. The van der Waals surface area contributed by atoms with Gasteiger partial charge in [0.05, 0.1) is 11.3 Å². The van der Waals surface area contributed by atoms with Gasteiger partial charge in [0, 0.05) is 10.2 Å². The number of anilines is 2. The van der Waals surface area contributed by atoms with Crippen LogP contribution in [0.1, 0.15) is 5.56 Å². The first kappa shape index (κ1) is 18.5. The summed E-state index contributed by atoms with van der Waals surface area (Å²) in [4.78, 5) is 25.7. The molecule has 0 saturated heterocycles. The third kappa shape index (κ3) is 3.47. The van der Waals surface area contributed by atoms with Gasteiger partial charge < -0.3 is 5.32 Å². The van der Waals surface area contributed by atoms with Gasteiger partial charge in [-0.2, -0.15) is 13.2 Å². The number of carbonyl (C=O) groups excluding carboxylic acids is 2. The summed E-state index contributed by atoms with van der Waals surface area (Å²) in [5.41, 5.74) is -0.881. The maximum Gasteiger partial charge on any atom is 0.416 e. The highest BCUT2D eigenvalue weighted by atomic mass is 79.9. The van der Waals surface area contributed by atoms with Gasteiger partial charge in [-0.1, -0.05) is 33.6 Å². The second kappa shape index (κ2) is 6.77. The van der Waals surface area contributed by atoms with Crippen LogP contribution in [0, 0.1) is 0 Å². The molecule has 1 aliphatic heterocycles. The van der Waals surface area contributed by atoms with Crippen molar-refractivity contribution in [2.75, 3.05) is 10.2 Å². The number of hydrogen-bond acceptors (Lipinski definition) is 3. The molecule has 0 saturated carbocycles. The van der Waals surface area contributed by atoms with Crippen LogP contribution >= 0.6 is 27.5 Å². The standard InChI is InChI=1S/C17H9BrClF3N2O2/c18-10-4-6-12(7-5-10)24-15(25)13(19)14(16(24)26)23-11-3-1-2-9(8-11)17(20,21)22/h1-8,23H. The molecule has 1 N–H and O–H groups in total. The first-order valence-corrected chi connectivity index (χ1v) is 8.34. The van der Waals surface area contributed by atoms with Crippen LogP contribution < -0.4 is 10.2 Å². The predicted molar refractivity (Wildman–Crippen MR) is 94.6 cm³/mol. The van der Waals surface area contributed by atoms with Gasteiger partial charge in [-0.3, -0.25) is 9.59 Å². The minimum atomic E-state index is -4.53. The van der Waals surface area contributed by atoms with Crippen molar-refractivity contribution >= 4 is 50.7 Å². The van der Waals surface area contributed by atoms with E-state index in [9.17, 15) is 22.8 Å². The first-order chi connectivity index (χ1) is 12.2. The normalized spacial score (nSPS) is 15.0. The summed E-state index contributed by atoms with van der Waals surface area (Å²) in [6.07, 6.45) is -4.53. The highest BCUT2D eigenvalue weighted by molar-refractivity contribution is 9.10. The molecule has 1 heterocycles. The molecule has 4 nitrogen and oxygen atoms in total. The molecule has 0 unspecified atom stereocenters. The Morgan fingerprint density at radius 2 is 1.65 bits per heavy atom. The van der Waals surface area contributed by atoms with Gasteiger partial charge in [-0.15, -0.1) is 0 Å². The molecule has 0 radical (unpaired) electrons. The van der Waals surface area contributed by atoms with Crippen molar-refractivity contribution in [1.29, 1.82) is 0 Å². The fourth-order valence-electron chi connectivity index (χ4n) is 2.35. The van der Waals surface area contributed by atoms with E-state index in [-0.39, 0.29) is 11.4 Å². The predicted octanol–water partition coefficient (Wildman–Crippen LogP) is 4.90. The van der Waals surface area contributed by atoms with Crippen LogP contribution in [0.25, 0.3) is 0 Å². The number of alkyl halides is 3. The lowest BCUT2D eigenvalue weighted by Crippen LogP contribution is -2.32. The Hall–Kier alpha value is -2.32. The van der Waals surface area contributed by atoms with E-state index in [2.05, 4.69) is 21.2 Å². The first-order valence-electron chi connectivity index (χ1n) is 7.17. The molecule has 134 valence electrons. The Labute approximate surface area is 159 Å². The van der Waals surface area contributed by atoms with Gasteiger partial charge in [0.2, 0.25) is 0 Å². The summed E-state index contributed by atoms with van der Waals surface area (Å²) in [5.74, 6) is -1.51. The quantitative estimate of drug-likeness (QED) is 0.684. The Morgan fingerprint density at radius 3 is 2.27 bits per heavy atom. The molecule has 0 aliphatic carbocycles. The second-order valence-electron chi connectivity index (χ2n) is 5.31. The molecular formula is C17H9BrClF3N2O2. The lowest BCUT2D eigenvalue weighted by molar-refractivity contribution is -0.137. The molecule has 1 aliphatic rings. The number of nitrogens with one attached hydrogen (secondary N) is 1. The van der Waals surface area contributed by atoms with Crippen molar-refractivity contribution < 1.29 is 22.8 Å². The van der Waals surface area contributed by atoms with Crippen molar-refractivity contribution in [2.24, 2.45) is 0 Å². The smallest absolute Gasteiger partial charge is 0.350 e. The maximum atomic E-state index is 12.8. The molecule has 26 heavy (non-hydrogen) atoms. The number of rotatable bonds is 3. The van der Waals surface area contributed by atoms with Gasteiger partial charge in [0.25, 0.3) is 11.8 Å². The zero-order valence-electron chi connectivity index (χ0n) is 12.8. The van der Waals surface area contributed by atoms with Crippen molar-refractivity contribution in [1.82, 2.24) is 0 Å². The van der Waals surface area contributed by atoms with E-state index in [1.807, 2.05) is 0 Å². The summed E-state index contributed by atoms with van der Waals surface area (Å²) in [6.45, 7) is 0. The van der Waals surface area contributed by atoms with Crippen molar-refractivity contribution in [3.8, 4) is 0 Å². The van der Waals surface area contributed by atoms with E-state index < -0.39 is 28.6 Å². The molecular weight excluding hydrogens is 437 g/mol. The van der Waals surface area contributed by atoms with Crippen LogP contribution in [0.15, 0.2) is 63.7 Å². The Balaban J connectivity index is 1.90. The summed E-state index contributed by atoms with van der Waals surface area (Å²) in [6, 6.07) is 10.6. The van der Waals surface area contributed by atoms with Crippen LogP contribution in [-0.2, 0) is 15.8 Å². The van der Waals surface area contributed by atoms with Gasteiger partial charge >= 0.3 is 6.18 Å². The molecule has 2 aromatic rings. The fourth-order valence-corrected chi connectivity index (χ4v) is 2.83. The average Bonchev–Trinajstić information content (AvgIpc) is 2.79. The number of amides is 2. The highest BCUT2D eigenvalue weighted by Crippen LogP contribution is 2.33. The van der Waals surface area contributed by atoms with Gasteiger partial charge in [-0.05, 0) is 42.5 Å². The molecule has 0 bridgehead atoms. The van der Waals surface area contributed by atoms with E-state index in [0.29, 0.717) is 5.69 Å². The Kier molecular flexibility index (Phi) is 4.81. The zero-order valence-corrected chi connectivity index (χ0v) is 15.1. The van der Waals surface area contributed by atoms with E-state index >= 15 is 0 Å². The van der Waals surface area contributed by atoms with Crippen molar-refractivity contribution in [2.45, 2.75) is 6.18 Å². The summed E-state index contributed by atoms with van der Waals surface area (Å²) < 4.78 is 39.2. The largest absolute Gasteiger partial charge is 0.416 e. The fraction of sp³-hybridized carbons (Fsp3) is 0.0588. The van der Waals surface area contributed by atoms with Crippen molar-refractivity contribution in [3.05, 3.63) is 69.3 Å². The minimum absolute atomic E-state index is 0.00761. The number of benzene rings is 2. The van der Waals surface area contributed by atoms with Crippen LogP contribution in [0.3, 0.4) is 0 Å². The van der Waals surface area contributed by atoms with Gasteiger partial charge in [0.15, 0.2) is 0 Å². The Bertz CT molecular complexity index is 926. The molecule has 3 rings (SSSR count). The van der Waals surface area contributed by atoms with Gasteiger partial charge in [0.1, 0.15) is 10.7 Å². The number of nitrogens with zero attached hydrogens (tertiary/aromatic N) is 1. The molecule has 0 aromatic heterocycles. The van der Waals surface area contributed by atoms with E-state index in [1.165, 1.54) is 24.3 Å². The lowest BCUT2D eigenvalue weighted by Gasteiger charge is -2.15. The summed E-state index contributed by atoms with van der Waals surface area (Å²) in [5, 5.41) is 2.13. The number of imide groups is 1. The van der Waals surface area contributed by atoms with Crippen LogP contribution in [-0.4, -0.2) is 11.8 Å². The third-order valence-corrected chi connectivity index (χ3v) is 4.45. The summed E-state index contributed by atoms with van der Waals surface area (Å²) >= 11 is 9.20. The van der Waals surface area contributed by atoms with Crippen LogP contribution in [0.4, 0.5) is 24.5 Å². The molecule has 0 atom stereocenters. The SMILES string of the molecule is O=C1C(Cl)=C(Nc2cccc(C(F)(F)F)c2)C(=O)N1c1ccc(Br)cc1. The Morgan fingerprint density at radius 1 is 1.00 bits per heavy atom. The average molecular weight is 446 g/mol. The molecule has 0 fully saturated rings. The molecule has 2 amide bonds. The number of carbonyl (C=O) groups is 2. The number of halogens is 5. The number of hydrogen-bond donors (Lipinski definition) is 1. The van der Waals surface area contributed by atoms with Crippen molar-refractivity contribution in [3.63, 3.8) is 0 Å². The summed E-state index contributed by atoms with van der Waals surface area (Å²) in [7, 11) is 0. The van der Waals surface area contributed by atoms with E-state index in [1.54, 1.807) is 12.1 Å². The van der Waals surface area contributed by atoms with Crippen LogP contribution in [0.2, 0.25) is 0 Å². The third-order valence-electron chi connectivity index (χ3n) is 3.57. The van der Waals surface area contributed by atoms with E-state index in [4.69, 9.17) is 11.6 Å². The van der Waals surface area contributed by atoms with Gasteiger partial charge in [-0.25, -0.2) is 4.90 Å². The topological polar surface area (TPSA) is 49.4 Å². The maximum absolute atomic E-state index is 12.8. The second-order valence-corrected chi connectivity index (χ2v) is 6.61. The highest BCUT2D eigenvalue weighted by Gasteiger charge is 2.39. The molecule has 9 heteroatoms. The molecule has 2 aromatic carbocycles. The zero-order chi connectivity index (χ0) is 19.1. The minimum Gasteiger partial charge on any atom is -0.350 e. The van der Waals surface area contributed by atoms with Crippen LogP contribution in [0.5, 0.6) is 0 Å². The lowest BCUT2D eigenvalue weighted by atomic mass is 10.2. The van der Waals surface area contributed by atoms with E-state index in [0.717, 1.165) is 21.5 Å².